The van der Waals surface area contributed by atoms with Gasteiger partial charge in [-0.2, -0.15) is 0 Å². The van der Waals surface area contributed by atoms with E-state index in [0.29, 0.717) is 0 Å². The molecule has 10 heteroatoms. The van der Waals surface area contributed by atoms with Gasteiger partial charge in [0.15, 0.2) is 27.4 Å². The van der Waals surface area contributed by atoms with Crippen molar-refractivity contribution in [3.63, 3.8) is 0 Å². The molecule has 0 radical (unpaired) electrons. The first-order valence-corrected chi connectivity index (χ1v) is 18.9. The number of nitrogens with zero attached hydrogens (tertiary/aromatic N) is 4. The van der Waals surface area contributed by atoms with Gasteiger partial charge in [-0.15, -0.1) is 0 Å². The molecular weight excluding hydrogens is 369 g/mol. The Balaban J connectivity index is 5.67. The van der Waals surface area contributed by atoms with E-state index >= 15 is 0 Å². The van der Waals surface area contributed by atoms with Crippen molar-refractivity contribution in [2.24, 2.45) is 0 Å². The van der Waals surface area contributed by atoms with Crippen LogP contribution in [0.4, 0.5) is 0 Å². The fraction of sp³-hybridized carbons (Fsp3) is 1.00. The predicted octanol–water partition coefficient (Wildman–Crippen LogP) is -3.01. The van der Waals surface area contributed by atoms with E-state index in [1.54, 1.807) is 0 Å². The highest BCUT2D eigenvalue weighted by Gasteiger charge is 2.37. The molecule has 3 unspecified atom stereocenters. The second kappa shape index (κ2) is 12.5. The quantitative estimate of drug-likeness (QED) is 0.318. The molecule has 0 aliphatic heterocycles. The lowest BCUT2D eigenvalue weighted by Crippen LogP contribution is -2.69. The minimum Gasteiger partial charge on any atom is -0.339 e. The Morgan fingerprint density at radius 1 is 0.545 bits per heavy atom. The van der Waals surface area contributed by atoms with Crippen LogP contribution in [-0.2, 0) is 0 Å². The van der Waals surface area contributed by atoms with Gasteiger partial charge in [0.05, 0.1) is 0 Å². The second-order valence-corrected chi connectivity index (χ2v) is 21.4. The van der Waals surface area contributed by atoms with Crippen LogP contribution < -0.4 is 0 Å². The van der Waals surface area contributed by atoms with Gasteiger partial charge >= 0.3 is 0 Å². The first-order chi connectivity index (χ1) is 10.3. The van der Waals surface area contributed by atoms with E-state index in [0.717, 1.165) is 0 Å². The highest BCUT2D eigenvalue weighted by Crippen LogP contribution is 2.19. The van der Waals surface area contributed by atoms with Gasteiger partial charge in [-0.25, -0.2) is 0 Å². The van der Waals surface area contributed by atoms with Gasteiger partial charge in [-0.1, -0.05) is 18.1 Å². The Morgan fingerprint density at radius 2 is 0.773 bits per heavy atom. The largest absolute Gasteiger partial charge is 0.339 e. The molecule has 0 rings (SSSR count). The highest BCUT2D eigenvalue weighted by molar-refractivity contribution is 6.84. The van der Waals surface area contributed by atoms with E-state index in [-0.39, 0.29) is 0 Å². The molecule has 0 aromatic heterocycles. The van der Waals surface area contributed by atoms with Crippen LogP contribution in [0, 0.1) is 0 Å². The van der Waals surface area contributed by atoms with E-state index in [2.05, 4.69) is 59.9 Å². The van der Waals surface area contributed by atoms with Crippen LogP contribution in [0.2, 0.25) is 36.3 Å². The fourth-order valence-corrected chi connectivity index (χ4v) is 25.9. The van der Waals surface area contributed by atoms with E-state index in [9.17, 15) is 0 Å². The molecular formula is C12H42N4Si6. The van der Waals surface area contributed by atoms with Crippen LogP contribution >= 0.6 is 0 Å². The molecule has 4 nitrogen and oxygen atoms in total. The molecule has 0 fully saturated rings. The van der Waals surface area contributed by atoms with E-state index in [4.69, 9.17) is 0 Å². The molecule has 0 spiro atoms. The summed E-state index contributed by atoms with van der Waals surface area (Å²) in [5.41, 5.74) is 0. The summed E-state index contributed by atoms with van der Waals surface area (Å²) in [5.74, 6) is 0. The molecule has 134 valence electrons. The van der Waals surface area contributed by atoms with Crippen molar-refractivity contribution in [3.8, 4) is 0 Å². The SMILES string of the molecule is CN(C)[SiH](CC[SiH3])N([SiH](CC[SiH3])N(C)C)[SiH](CC[SiH3])N(C)C. The molecule has 0 aromatic rings. The smallest absolute Gasteiger partial charge is 0.177 e. The monoisotopic (exact) mass is 410 g/mol. The summed E-state index contributed by atoms with van der Waals surface area (Å²) in [5, 5.41) is 0. The van der Waals surface area contributed by atoms with Crippen molar-refractivity contribution in [3.05, 3.63) is 0 Å². The third kappa shape index (κ3) is 7.36. The summed E-state index contributed by atoms with van der Waals surface area (Å²) in [7, 11) is 15.5. The van der Waals surface area contributed by atoms with Crippen molar-refractivity contribution < 1.29 is 0 Å². The average Bonchev–Trinajstić information content (AvgIpc) is 2.43. The molecule has 0 aliphatic rings. The van der Waals surface area contributed by atoms with Gasteiger partial charge in [0.25, 0.3) is 0 Å². The summed E-state index contributed by atoms with van der Waals surface area (Å²) in [6.07, 6.45) is 0. The maximum Gasteiger partial charge on any atom is 0.177 e. The highest BCUT2D eigenvalue weighted by atomic mass is 28.4. The Morgan fingerprint density at radius 3 is 0.909 bits per heavy atom. The average molecular weight is 411 g/mol. The molecule has 0 heterocycles. The first-order valence-electron chi connectivity index (χ1n) is 9.08. The Bertz CT molecular complexity index is 240. The lowest BCUT2D eigenvalue weighted by Gasteiger charge is -2.48. The van der Waals surface area contributed by atoms with Crippen LogP contribution in [0.1, 0.15) is 0 Å². The summed E-state index contributed by atoms with van der Waals surface area (Å²) >= 11 is 0. The Kier molecular flexibility index (Phi) is 13.1. The summed E-state index contributed by atoms with van der Waals surface area (Å²) < 4.78 is 11.2. The topological polar surface area (TPSA) is 13.0 Å². The second-order valence-electron chi connectivity index (χ2n) is 7.15. The summed E-state index contributed by atoms with van der Waals surface area (Å²) in [6.45, 7) is 0. The molecule has 3 atom stereocenters. The van der Waals surface area contributed by atoms with Crippen LogP contribution in [0.25, 0.3) is 0 Å². The summed E-state index contributed by atoms with van der Waals surface area (Å²) in [4.78, 5) is 0. The van der Waals surface area contributed by atoms with Crippen LogP contribution in [-0.4, -0.2) is 118 Å². The zero-order valence-electron chi connectivity index (χ0n) is 16.8. The Hall–Kier alpha value is 1.14. The van der Waals surface area contributed by atoms with Gasteiger partial charge < -0.3 is 17.6 Å². The lowest BCUT2D eigenvalue weighted by molar-refractivity contribution is 0.521. The molecule has 0 bridgehead atoms. The minimum absolute atomic E-state index is 0.941. The number of hydrogen-bond donors (Lipinski definition) is 0. The van der Waals surface area contributed by atoms with E-state index in [1.807, 2.05) is 0 Å². The van der Waals surface area contributed by atoms with E-state index < -0.39 is 27.4 Å². The third-order valence-corrected chi connectivity index (χ3v) is 24.8. The standard InChI is InChI=1S/C12H42N4Si6/c1-13(2)20(10-7-17)16(21(11-8-18)14(3)4)22(12-9-19)15(5)6/h20-22H,7-12H2,1-6,17-19H3. The van der Waals surface area contributed by atoms with E-state index in [1.165, 1.54) is 67.0 Å². The molecule has 0 saturated carbocycles. The minimum atomic E-state index is -0.941. The zero-order valence-corrected chi connectivity index (χ0v) is 26.2. The maximum atomic E-state index is 3.24. The molecule has 0 saturated heterocycles. The van der Waals surface area contributed by atoms with Gasteiger partial charge in [0, 0.05) is 30.7 Å². The fourth-order valence-electron chi connectivity index (χ4n) is 3.39. The van der Waals surface area contributed by atoms with Crippen molar-refractivity contribution in [1.82, 2.24) is 17.6 Å². The van der Waals surface area contributed by atoms with Crippen molar-refractivity contribution in [2.75, 3.05) is 42.3 Å². The lowest BCUT2D eigenvalue weighted by atomic mass is 10.9. The predicted molar refractivity (Wildman–Crippen MR) is 123 cm³/mol. The van der Waals surface area contributed by atoms with Crippen LogP contribution in [0.5, 0.6) is 0 Å². The molecule has 0 aliphatic carbocycles. The Labute approximate surface area is 154 Å². The molecule has 0 amide bonds. The van der Waals surface area contributed by atoms with Gasteiger partial charge in [0.1, 0.15) is 0 Å². The molecule has 22 heavy (non-hydrogen) atoms. The maximum absolute atomic E-state index is 3.24. The number of rotatable bonds is 12. The van der Waals surface area contributed by atoms with Crippen molar-refractivity contribution in [2.45, 2.75) is 36.3 Å². The number of hydrogen-bond acceptors (Lipinski definition) is 4. The van der Waals surface area contributed by atoms with Gasteiger partial charge in [-0.3, -0.25) is 0 Å². The molecule has 0 aromatic carbocycles. The third-order valence-electron chi connectivity index (χ3n) is 4.46. The zero-order chi connectivity index (χ0) is 17.3. The van der Waals surface area contributed by atoms with Crippen LogP contribution in [0.15, 0.2) is 0 Å². The van der Waals surface area contributed by atoms with Gasteiger partial charge in [-0.05, 0) is 60.4 Å². The van der Waals surface area contributed by atoms with Crippen LogP contribution in [0.3, 0.4) is 0 Å². The van der Waals surface area contributed by atoms with Gasteiger partial charge in [0.2, 0.25) is 0 Å². The first kappa shape index (κ1) is 23.1. The van der Waals surface area contributed by atoms with Crippen molar-refractivity contribution in [1.29, 1.82) is 0 Å². The molecule has 0 N–H and O–H groups in total. The normalized spacial score (nSPS) is 17.2. The van der Waals surface area contributed by atoms with Crippen molar-refractivity contribution >= 4 is 58.1 Å². The summed E-state index contributed by atoms with van der Waals surface area (Å²) in [6, 6.07) is 8.98.